The summed E-state index contributed by atoms with van der Waals surface area (Å²) >= 11 is 0. The summed E-state index contributed by atoms with van der Waals surface area (Å²) in [6.07, 6.45) is -1.67. The van der Waals surface area contributed by atoms with E-state index in [0.29, 0.717) is 11.3 Å². The molecule has 1 aromatic carbocycles. The topological polar surface area (TPSA) is 47.6 Å². The molecule has 3 nitrogen and oxygen atoms in total. The summed E-state index contributed by atoms with van der Waals surface area (Å²) in [5.41, 5.74) is 4.37. The maximum Gasteiger partial charge on any atom is 0.431 e. The number of allylic oxidation sites excluding steroid dienone is 2. The predicted octanol–water partition coefficient (Wildman–Crippen LogP) is 4.19. The highest BCUT2D eigenvalue weighted by atomic mass is 19.4. The third kappa shape index (κ3) is 5.09. The maximum atomic E-state index is 12.9. The highest BCUT2D eigenvalue weighted by Crippen LogP contribution is 2.29. The number of rotatable bonds is 6. The van der Waals surface area contributed by atoms with Gasteiger partial charge in [-0.05, 0) is 31.0 Å². The van der Waals surface area contributed by atoms with Crippen LogP contribution in [0, 0.1) is 0 Å². The molecule has 1 unspecified atom stereocenters. The molecule has 2 N–H and O–H groups in total. The average molecular weight is 314 g/mol. The number of hydrogen-bond donors (Lipinski definition) is 1. The average Bonchev–Trinajstić information content (AvgIpc) is 2.47. The Morgan fingerprint density at radius 2 is 1.91 bits per heavy atom. The first kappa shape index (κ1) is 18.1. The molecule has 0 aliphatic heterocycles. The summed E-state index contributed by atoms with van der Waals surface area (Å²) in [4.78, 5) is 4.17. The first-order chi connectivity index (χ1) is 10.3. The predicted molar refractivity (Wildman–Crippen MR) is 83.0 cm³/mol. The molecule has 0 radical (unpaired) electrons. The van der Waals surface area contributed by atoms with Crippen molar-refractivity contribution in [1.29, 1.82) is 0 Å². The Morgan fingerprint density at radius 3 is 2.36 bits per heavy atom. The van der Waals surface area contributed by atoms with Crippen LogP contribution in [-0.4, -0.2) is 25.5 Å². The van der Waals surface area contributed by atoms with Crippen LogP contribution in [0.15, 0.2) is 35.0 Å². The number of aliphatic imine (C=N–C) groups is 1. The van der Waals surface area contributed by atoms with Crippen LogP contribution in [0.5, 0.6) is 5.75 Å². The van der Waals surface area contributed by atoms with Gasteiger partial charge in [-0.3, -0.25) is 4.99 Å². The minimum absolute atomic E-state index is 0.0562. The SMILES string of the molecule is CCCC(C)N=CC(=C(N)C(F)(F)F)c1ccc(OC)cc1. The number of benzene rings is 1. The van der Waals surface area contributed by atoms with E-state index >= 15 is 0 Å². The van der Waals surface area contributed by atoms with Gasteiger partial charge in [0, 0.05) is 17.8 Å². The minimum atomic E-state index is -4.60. The number of nitrogens with zero attached hydrogens (tertiary/aromatic N) is 1. The van der Waals surface area contributed by atoms with E-state index in [9.17, 15) is 13.2 Å². The number of methoxy groups -OCH3 is 1. The van der Waals surface area contributed by atoms with E-state index in [1.165, 1.54) is 25.5 Å². The first-order valence-corrected chi connectivity index (χ1v) is 7.04. The first-order valence-electron chi connectivity index (χ1n) is 7.04. The van der Waals surface area contributed by atoms with Crippen molar-refractivity contribution < 1.29 is 17.9 Å². The zero-order valence-corrected chi connectivity index (χ0v) is 12.9. The number of alkyl halides is 3. The Labute approximate surface area is 128 Å². The van der Waals surface area contributed by atoms with Crippen molar-refractivity contribution in [2.24, 2.45) is 10.7 Å². The van der Waals surface area contributed by atoms with Gasteiger partial charge in [0.05, 0.1) is 7.11 Å². The Bertz CT molecular complexity index is 533. The van der Waals surface area contributed by atoms with Crippen LogP contribution >= 0.6 is 0 Å². The summed E-state index contributed by atoms with van der Waals surface area (Å²) in [5, 5.41) is 0. The third-order valence-corrected chi connectivity index (χ3v) is 3.16. The lowest BCUT2D eigenvalue weighted by Crippen LogP contribution is -2.22. The Hall–Kier alpha value is -1.98. The smallest absolute Gasteiger partial charge is 0.431 e. The van der Waals surface area contributed by atoms with Crippen LogP contribution in [0.2, 0.25) is 0 Å². The van der Waals surface area contributed by atoms with E-state index in [2.05, 4.69) is 4.99 Å². The van der Waals surface area contributed by atoms with E-state index in [4.69, 9.17) is 10.5 Å². The Morgan fingerprint density at radius 1 is 1.32 bits per heavy atom. The molecule has 1 atom stereocenters. The molecule has 0 amide bonds. The fraction of sp³-hybridized carbons (Fsp3) is 0.438. The fourth-order valence-electron chi connectivity index (χ4n) is 1.92. The summed E-state index contributed by atoms with van der Waals surface area (Å²) in [6.45, 7) is 3.85. The van der Waals surface area contributed by atoms with E-state index < -0.39 is 11.9 Å². The molecule has 0 aromatic heterocycles. The lowest BCUT2D eigenvalue weighted by atomic mass is 10.0. The zero-order chi connectivity index (χ0) is 16.8. The van der Waals surface area contributed by atoms with E-state index in [1.54, 1.807) is 12.1 Å². The van der Waals surface area contributed by atoms with Crippen molar-refractivity contribution in [2.75, 3.05) is 7.11 Å². The molecule has 0 aliphatic carbocycles. The van der Waals surface area contributed by atoms with Gasteiger partial charge in [-0.15, -0.1) is 0 Å². The standard InChI is InChI=1S/C16H21F3N2O/c1-4-5-11(2)21-10-14(15(20)16(17,18)19)12-6-8-13(22-3)9-7-12/h6-11H,4-5,20H2,1-3H3. The summed E-state index contributed by atoms with van der Waals surface area (Å²) < 4.78 is 43.8. The summed E-state index contributed by atoms with van der Waals surface area (Å²) in [7, 11) is 1.49. The van der Waals surface area contributed by atoms with E-state index in [-0.39, 0.29) is 11.6 Å². The van der Waals surface area contributed by atoms with Crippen LogP contribution in [0.1, 0.15) is 32.3 Å². The number of hydrogen-bond acceptors (Lipinski definition) is 3. The van der Waals surface area contributed by atoms with Gasteiger partial charge in [0.15, 0.2) is 0 Å². The van der Waals surface area contributed by atoms with Crippen LogP contribution in [0.25, 0.3) is 5.57 Å². The molecule has 1 aromatic rings. The molecule has 6 heteroatoms. The van der Waals surface area contributed by atoms with Crippen molar-refractivity contribution in [2.45, 2.75) is 38.9 Å². The second-order valence-electron chi connectivity index (χ2n) is 4.97. The van der Waals surface area contributed by atoms with E-state index in [1.807, 2.05) is 13.8 Å². The van der Waals surface area contributed by atoms with Gasteiger partial charge in [-0.25, -0.2) is 0 Å². The molecule has 22 heavy (non-hydrogen) atoms. The Balaban J connectivity index is 3.22. The normalized spacial score (nSPS) is 14.8. The highest BCUT2D eigenvalue weighted by Gasteiger charge is 2.34. The van der Waals surface area contributed by atoms with Gasteiger partial charge in [-0.1, -0.05) is 25.5 Å². The molecule has 0 saturated heterocycles. The van der Waals surface area contributed by atoms with Crippen molar-refractivity contribution in [3.8, 4) is 5.75 Å². The number of ether oxygens (including phenoxy) is 1. The van der Waals surface area contributed by atoms with Gasteiger partial charge >= 0.3 is 6.18 Å². The van der Waals surface area contributed by atoms with Gasteiger partial charge in [0.2, 0.25) is 0 Å². The van der Waals surface area contributed by atoms with Crippen LogP contribution < -0.4 is 10.5 Å². The minimum Gasteiger partial charge on any atom is -0.497 e. The van der Waals surface area contributed by atoms with E-state index in [0.717, 1.165) is 12.8 Å². The van der Waals surface area contributed by atoms with Crippen molar-refractivity contribution in [3.05, 3.63) is 35.5 Å². The second kappa shape index (κ2) is 7.87. The van der Waals surface area contributed by atoms with Crippen LogP contribution in [0.4, 0.5) is 13.2 Å². The number of nitrogens with two attached hydrogens (primary N) is 1. The maximum absolute atomic E-state index is 12.9. The van der Waals surface area contributed by atoms with Crippen molar-refractivity contribution in [1.82, 2.24) is 0 Å². The largest absolute Gasteiger partial charge is 0.497 e. The highest BCUT2D eigenvalue weighted by molar-refractivity contribution is 6.11. The van der Waals surface area contributed by atoms with Crippen LogP contribution in [0.3, 0.4) is 0 Å². The monoisotopic (exact) mass is 314 g/mol. The molecule has 0 spiro atoms. The molecule has 1 rings (SSSR count). The Kier molecular flexibility index (Phi) is 6.46. The van der Waals surface area contributed by atoms with Gasteiger partial charge in [0.25, 0.3) is 0 Å². The van der Waals surface area contributed by atoms with Gasteiger partial charge in [-0.2, -0.15) is 13.2 Å². The summed E-state index contributed by atoms with van der Waals surface area (Å²) in [6, 6.07) is 6.18. The lowest BCUT2D eigenvalue weighted by Gasteiger charge is -2.13. The molecular formula is C16H21F3N2O. The molecule has 122 valence electrons. The molecule has 0 heterocycles. The molecule has 0 bridgehead atoms. The fourth-order valence-corrected chi connectivity index (χ4v) is 1.92. The number of halogens is 3. The molecule has 0 aliphatic rings. The van der Waals surface area contributed by atoms with Crippen molar-refractivity contribution >= 4 is 11.8 Å². The lowest BCUT2D eigenvalue weighted by molar-refractivity contribution is -0.0918. The molecule has 0 fully saturated rings. The molecular weight excluding hydrogens is 293 g/mol. The third-order valence-electron chi connectivity index (χ3n) is 3.16. The van der Waals surface area contributed by atoms with Crippen molar-refractivity contribution in [3.63, 3.8) is 0 Å². The second-order valence-corrected chi connectivity index (χ2v) is 4.97. The van der Waals surface area contributed by atoms with Gasteiger partial charge < -0.3 is 10.5 Å². The quantitative estimate of drug-likeness (QED) is 0.800. The molecule has 0 saturated carbocycles. The van der Waals surface area contributed by atoms with Gasteiger partial charge in [0.1, 0.15) is 11.4 Å². The zero-order valence-electron chi connectivity index (χ0n) is 12.9. The van der Waals surface area contributed by atoms with Crippen LogP contribution in [-0.2, 0) is 0 Å². The summed E-state index contributed by atoms with van der Waals surface area (Å²) in [5.74, 6) is 0.560.